The second-order valence-electron chi connectivity index (χ2n) is 3.85. The molecule has 0 saturated heterocycles. The Morgan fingerprint density at radius 2 is 2.00 bits per heavy atom. The van der Waals surface area contributed by atoms with Crippen molar-refractivity contribution in [2.24, 2.45) is 0 Å². The third-order valence-corrected chi connectivity index (χ3v) is 3.63. The lowest BCUT2D eigenvalue weighted by Crippen LogP contribution is -2.12. The molecule has 20 heavy (non-hydrogen) atoms. The van der Waals surface area contributed by atoms with Crippen molar-refractivity contribution in [3.63, 3.8) is 0 Å². The maximum Gasteiger partial charge on any atom is 0.341 e. The average Bonchev–Trinajstić information content (AvgIpc) is 2.71. The molecule has 0 spiro atoms. The molecule has 0 aliphatic heterocycles. The number of aliphatic carboxylic acids is 1. The zero-order valence-electron chi connectivity index (χ0n) is 11.4. The molecule has 0 atom stereocenters. The van der Waals surface area contributed by atoms with E-state index in [-0.39, 0.29) is 0 Å². The smallest absolute Gasteiger partial charge is 0.341 e. The highest BCUT2D eigenvalue weighted by atomic mass is 32.1. The van der Waals surface area contributed by atoms with E-state index in [2.05, 4.69) is 5.32 Å². The predicted octanol–water partition coefficient (Wildman–Crippen LogP) is 1.98. The molecule has 6 nitrogen and oxygen atoms in total. The fourth-order valence-electron chi connectivity index (χ4n) is 1.71. The second kappa shape index (κ2) is 6.85. The zero-order chi connectivity index (χ0) is 15.3. The minimum Gasteiger partial charge on any atom is -0.478 e. The van der Waals surface area contributed by atoms with Crippen LogP contribution in [0, 0.1) is 6.92 Å². The SMILES string of the molecule is CCc1c(C)sc(NC(=O)/C=C\C(=O)O)c1C(=O)OC. The Labute approximate surface area is 120 Å². The summed E-state index contributed by atoms with van der Waals surface area (Å²) in [6.45, 7) is 3.75. The third-order valence-electron chi connectivity index (χ3n) is 2.57. The summed E-state index contributed by atoms with van der Waals surface area (Å²) in [5.74, 6) is -2.35. The molecule has 1 aromatic heterocycles. The quantitative estimate of drug-likeness (QED) is 0.640. The first-order valence-electron chi connectivity index (χ1n) is 5.83. The number of nitrogens with one attached hydrogen (secondary N) is 1. The van der Waals surface area contributed by atoms with E-state index in [9.17, 15) is 14.4 Å². The van der Waals surface area contributed by atoms with Crippen LogP contribution in [-0.4, -0.2) is 30.1 Å². The molecule has 0 bridgehead atoms. The molecule has 1 aromatic rings. The minimum absolute atomic E-state index is 0.328. The van der Waals surface area contributed by atoms with Crippen LogP contribution in [0.2, 0.25) is 0 Å². The number of amides is 1. The summed E-state index contributed by atoms with van der Waals surface area (Å²) in [6, 6.07) is 0. The summed E-state index contributed by atoms with van der Waals surface area (Å²) in [6.07, 6.45) is 2.26. The lowest BCUT2D eigenvalue weighted by Gasteiger charge is -2.05. The summed E-state index contributed by atoms with van der Waals surface area (Å²) in [7, 11) is 1.27. The number of carboxylic acid groups (broad SMARTS) is 1. The molecule has 0 aromatic carbocycles. The van der Waals surface area contributed by atoms with Gasteiger partial charge in [-0.05, 0) is 18.9 Å². The molecule has 1 rings (SSSR count). The minimum atomic E-state index is -1.22. The van der Waals surface area contributed by atoms with Gasteiger partial charge in [-0.2, -0.15) is 0 Å². The first-order chi connectivity index (χ1) is 9.40. The van der Waals surface area contributed by atoms with Crippen molar-refractivity contribution >= 4 is 34.2 Å². The number of ether oxygens (including phenoxy) is 1. The zero-order valence-corrected chi connectivity index (χ0v) is 12.2. The maximum absolute atomic E-state index is 11.8. The molecule has 1 heterocycles. The van der Waals surface area contributed by atoms with Gasteiger partial charge in [0.1, 0.15) is 5.00 Å². The van der Waals surface area contributed by atoms with Gasteiger partial charge in [-0.25, -0.2) is 9.59 Å². The molecule has 2 N–H and O–H groups in total. The van der Waals surface area contributed by atoms with Crippen LogP contribution in [0.3, 0.4) is 0 Å². The van der Waals surface area contributed by atoms with E-state index in [1.54, 1.807) is 0 Å². The van der Waals surface area contributed by atoms with Crippen LogP contribution in [0.25, 0.3) is 0 Å². The van der Waals surface area contributed by atoms with Crippen molar-refractivity contribution in [3.05, 3.63) is 28.2 Å². The van der Waals surface area contributed by atoms with Gasteiger partial charge in [0, 0.05) is 17.0 Å². The largest absolute Gasteiger partial charge is 0.478 e. The van der Waals surface area contributed by atoms with Crippen molar-refractivity contribution in [1.82, 2.24) is 0 Å². The second-order valence-corrected chi connectivity index (χ2v) is 5.07. The number of aryl methyl sites for hydroxylation is 1. The molecule has 0 unspecified atom stereocenters. The van der Waals surface area contributed by atoms with Gasteiger partial charge in [-0.15, -0.1) is 11.3 Å². The normalized spacial score (nSPS) is 10.6. The maximum atomic E-state index is 11.8. The number of hydrogen-bond acceptors (Lipinski definition) is 5. The van der Waals surface area contributed by atoms with Gasteiger partial charge in [0.05, 0.1) is 12.7 Å². The van der Waals surface area contributed by atoms with E-state index in [4.69, 9.17) is 9.84 Å². The number of carbonyl (C=O) groups excluding carboxylic acids is 2. The summed E-state index contributed by atoms with van der Waals surface area (Å²) in [4.78, 5) is 34.6. The highest BCUT2D eigenvalue weighted by Gasteiger charge is 2.22. The first kappa shape index (κ1) is 15.9. The van der Waals surface area contributed by atoms with Crippen LogP contribution in [0.4, 0.5) is 5.00 Å². The van der Waals surface area contributed by atoms with Crippen molar-refractivity contribution < 1.29 is 24.2 Å². The highest BCUT2D eigenvalue weighted by Crippen LogP contribution is 2.33. The van der Waals surface area contributed by atoms with E-state index in [0.29, 0.717) is 17.0 Å². The van der Waals surface area contributed by atoms with Crippen molar-refractivity contribution in [3.8, 4) is 0 Å². The third kappa shape index (κ3) is 3.67. The van der Waals surface area contributed by atoms with Gasteiger partial charge in [0.25, 0.3) is 0 Å². The Hall–Kier alpha value is -2.15. The molecule has 0 aliphatic carbocycles. The number of hydrogen-bond donors (Lipinski definition) is 2. The van der Waals surface area contributed by atoms with Gasteiger partial charge in [0.15, 0.2) is 0 Å². The Morgan fingerprint density at radius 1 is 1.35 bits per heavy atom. The number of carbonyl (C=O) groups is 3. The van der Waals surface area contributed by atoms with Crippen LogP contribution < -0.4 is 5.32 Å². The lowest BCUT2D eigenvalue weighted by atomic mass is 10.1. The molecule has 108 valence electrons. The lowest BCUT2D eigenvalue weighted by molar-refractivity contribution is -0.131. The van der Waals surface area contributed by atoms with Crippen molar-refractivity contribution in [1.29, 1.82) is 0 Å². The highest BCUT2D eigenvalue weighted by molar-refractivity contribution is 7.16. The summed E-state index contributed by atoms with van der Waals surface area (Å²) >= 11 is 1.26. The number of thiophene rings is 1. The van der Waals surface area contributed by atoms with Crippen molar-refractivity contribution in [2.75, 3.05) is 12.4 Å². The topological polar surface area (TPSA) is 92.7 Å². The first-order valence-corrected chi connectivity index (χ1v) is 6.64. The molecule has 0 aliphatic rings. The number of rotatable bonds is 5. The summed E-state index contributed by atoms with van der Waals surface area (Å²) in [5.41, 5.74) is 1.15. The Kier molecular flexibility index (Phi) is 5.45. The van der Waals surface area contributed by atoms with Crippen LogP contribution in [0.15, 0.2) is 12.2 Å². The molecular weight excluding hydrogens is 282 g/mol. The van der Waals surface area contributed by atoms with Gasteiger partial charge >= 0.3 is 11.9 Å². The van der Waals surface area contributed by atoms with Gasteiger partial charge in [-0.3, -0.25) is 4.79 Å². The molecule has 1 amide bonds. The van der Waals surface area contributed by atoms with E-state index >= 15 is 0 Å². The fraction of sp³-hybridized carbons (Fsp3) is 0.308. The molecule has 0 radical (unpaired) electrons. The Morgan fingerprint density at radius 3 is 2.50 bits per heavy atom. The van der Waals surface area contributed by atoms with Gasteiger partial charge in [-0.1, -0.05) is 6.92 Å². The van der Waals surface area contributed by atoms with E-state index in [1.807, 2.05) is 13.8 Å². The van der Waals surface area contributed by atoms with E-state index < -0.39 is 17.8 Å². The van der Waals surface area contributed by atoms with E-state index in [1.165, 1.54) is 18.4 Å². The Balaban J connectivity index is 3.09. The molecule has 7 heteroatoms. The van der Waals surface area contributed by atoms with Crippen LogP contribution in [-0.2, 0) is 20.7 Å². The summed E-state index contributed by atoms with van der Waals surface area (Å²) < 4.78 is 4.72. The molecule has 0 saturated carbocycles. The predicted molar refractivity (Wildman–Crippen MR) is 75.2 cm³/mol. The van der Waals surface area contributed by atoms with Crippen LogP contribution in [0.5, 0.6) is 0 Å². The Bertz CT molecular complexity index is 574. The standard InChI is InChI=1S/C13H15NO5S/c1-4-8-7(2)20-12(11(8)13(18)19-3)14-9(15)5-6-10(16)17/h5-6H,4H2,1-3H3,(H,14,15)(H,16,17)/b6-5-. The number of methoxy groups -OCH3 is 1. The number of carboxylic acids is 1. The average molecular weight is 297 g/mol. The number of anilines is 1. The fourth-order valence-corrected chi connectivity index (χ4v) is 2.85. The van der Waals surface area contributed by atoms with Gasteiger partial charge < -0.3 is 15.2 Å². The number of esters is 1. The van der Waals surface area contributed by atoms with Crippen LogP contribution in [0.1, 0.15) is 27.7 Å². The van der Waals surface area contributed by atoms with Crippen LogP contribution >= 0.6 is 11.3 Å². The monoisotopic (exact) mass is 297 g/mol. The summed E-state index contributed by atoms with van der Waals surface area (Å²) in [5, 5.41) is 11.3. The molecule has 0 fully saturated rings. The van der Waals surface area contributed by atoms with E-state index in [0.717, 1.165) is 22.6 Å². The van der Waals surface area contributed by atoms with Crippen molar-refractivity contribution in [2.45, 2.75) is 20.3 Å². The molecular formula is C13H15NO5S. The van der Waals surface area contributed by atoms with Gasteiger partial charge in [0.2, 0.25) is 5.91 Å².